The number of carbonyl (C=O) groups is 1. The predicted molar refractivity (Wildman–Crippen MR) is 116 cm³/mol. The van der Waals surface area contributed by atoms with Crippen LogP contribution < -0.4 is 10.0 Å². The van der Waals surface area contributed by atoms with Gasteiger partial charge in [-0.05, 0) is 51.1 Å². The van der Waals surface area contributed by atoms with Crippen molar-refractivity contribution in [3.8, 4) is 0 Å². The SMILES string of the molecule is Cc1cc(C)nc(NS(=O)(=O)c2ccc(NC(=O)Cn3nc(C(F)F)c([N+](=O)[O-])c3C)cc2)n1. The van der Waals surface area contributed by atoms with Crippen LogP contribution in [0.15, 0.2) is 35.2 Å². The second kappa shape index (κ2) is 9.46. The van der Waals surface area contributed by atoms with Crippen LogP contribution in [0.4, 0.5) is 26.1 Å². The average molecular weight is 495 g/mol. The average Bonchev–Trinajstić information content (AvgIpc) is 3.03. The van der Waals surface area contributed by atoms with Crippen LogP contribution in [-0.2, 0) is 21.4 Å². The zero-order valence-electron chi connectivity index (χ0n) is 18.1. The van der Waals surface area contributed by atoms with E-state index in [9.17, 15) is 32.1 Å². The molecule has 0 atom stereocenters. The van der Waals surface area contributed by atoms with Gasteiger partial charge in [-0.15, -0.1) is 0 Å². The van der Waals surface area contributed by atoms with Gasteiger partial charge in [0.15, 0.2) is 0 Å². The van der Waals surface area contributed by atoms with Crippen LogP contribution in [0, 0.1) is 30.9 Å². The number of aromatic nitrogens is 4. The summed E-state index contributed by atoms with van der Waals surface area (Å²) in [6.45, 7) is 4.03. The molecule has 0 aliphatic heterocycles. The summed E-state index contributed by atoms with van der Waals surface area (Å²) in [6, 6.07) is 6.79. The van der Waals surface area contributed by atoms with Crippen molar-refractivity contribution in [3.05, 3.63) is 63.2 Å². The van der Waals surface area contributed by atoms with Crippen LogP contribution >= 0.6 is 0 Å². The summed E-state index contributed by atoms with van der Waals surface area (Å²) >= 11 is 0. The van der Waals surface area contributed by atoms with Crippen LogP contribution in [0.2, 0.25) is 0 Å². The lowest BCUT2D eigenvalue weighted by atomic mass is 10.3. The van der Waals surface area contributed by atoms with Crippen LogP contribution in [0.25, 0.3) is 0 Å². The van der Waals surface area contributed by atoms with E-state index < -0.39 is 45.2 Å². The fraction of sp³-hybridized carbons (Fsp3) is 0.263. The molecule has 2 aromatic heterocycles. The number of hydrogen-bond donors (Lipinski definition) is 2. The van der Waals surface area contributed by atoms with E-state index >= 15 is 0 Å². The number of amides is 1. The first-order chi connectivity index (χ1) is 15.9. The van der Waals surface area contributed by atoms with Gasteiger partial charge in [-0.1, -0.05) is 0 Å². The zero-order valence-corrected chi connectivity index (χ0v) is 18.9. The normalized spacial score (nSPS) is 11.5. The molecule has 0 saturated heterocycles. The molecule has 0 unspecified atom stereocenters. The van der Waals surface area contributed by atoms with E-state index in [1.54, 1.807) is 19.9 Å². The summed E-state index contributed by atoms with van der Waals surface area (Å²) in [4.78, 5) is 30.3. The molecule has 3 rings (SSSR count). The van der Waals surface area contributed by atoms with Crippen molar-refractivity contribution < 1.29 is 26.9 Å². The summed E-state index contributed by atoms with van der Waals surface area (Å²) in [7, 11) is -4.00. The number of rotatable bonds is 8. The van der Waals surface area contributed by atoms with Crippen molar-refractivity contribution in [1.29, 1.82) is 0 Å². The minimum atomic E-state index is -4.00. The highest BCUT2D eigenvalue weighted by atomic mass is 32.2. The van der Waals surface area contributed by atoms with Gasteiger partial charge in [0.05, 0.1) is 9.82 Å². The van der Waals surface area contributed by atoms with E-state index in [1.165, 1.54) is 31.2 Å². The number of halogens is 2. The Morgan fingerprint density at radius 1 is 1.15 bits per heavy atom. The minimum Gasteiger partial charge on any atom is -0.324 e. The second-order valence-corrected chi connectivity index (χ2v) is 8.87. The molecule has 12 nitrogen and oxygen atoms in total. The third-order valence-corrected chi connectivity index (χ3v) is 5.88. The number of nitrogens with one attached hydrogen (secondary N) is 2. The first kappa shape index (κ1) is 24.6. The van der Waals surface area contributed by atoms with Crippen LogP contribution in [0.1, 0.15) is 29.2 Å². The van der Waals surface area contributed by atoms with E-state index in [1.807, 2.05) is 0 Å². The maximum absolute atomic E-state index is 13.0. The molecule has 2 heterocycles. The minimum absolute atomic E-state index is 0.0817. The molecule has 0 aliphatic carbocycles. The summed E-state index contributed by atoms with van der Waals surface area (Å²) in [6.07, 6.45) is -3.18. The number of anilines is 2. The third-order valence-electron chi connectivity index (χ3n) is 4.54. The van der Waals surface area contributed by atoms with Crippen molar-refractivity contribution in [2.75, 3.05) is 10.0 Å². The van der Waals surface area contributed by atoms with Crippen LogP contribution in [0.3, 0.4) is 0 Å². The highest BCUT2D eigenvalue weighted by Crippen LogP contribution is 2.30. The zero-order chi connectivity index (χ0) is 25.2. The van der Waals surface area contributed by atoms with Crippen molar-refractivity contribution in [2.45, 2.75) is 38.6 Å². The maximum atomic E-state index is 13.0. The molecule has 0 radical (unpaired) electrons. The molecule has 0 bridgehead atoms. The lowest BCUT2D eigenvalue weighted by molar-refractivity contribution is -0.386. The summed E-state index contributed by atoms with van der Waals surface area (Å²) in [5.74, 6) is -0.791. The Hall–Kier alpha value is -4.01. The molecule has 1 amide bonds. The Morgan fingerprint density at radius 3 is 2.24 bits per heavy atom. The van der Waals surface area contributed by atoms with Gasteiger partial charge in [0.25, 0.3) is 16.4 Å². The van der Waals surface area contributed by atoms with Crippen molar-refractivity contribution in [1.82, 2.24) is 19.7 Å². The molecule has 1 aromatic carbocycles. The standard InChI is InChI=1S/C19H19F2N7O5S/c1-10-8-11(2)23-19(22-10)26-34(32,33)14-6-4-13(5-7-14)24-15(29)9-27-12(3)17(28(30)31)16(25-27)18(20)21/h4-8,18H,9H2,1-3H3,(H,24,29)(H,22,23,26). The first-order valence-corrected chi connectivity index (χ1v) is 11.1. The van der Waals surface area contributed by atoms with E-state index in [2.05, 4.69) is 25.1 Å². The third kappa shape index (κ3) is 5.48. The number of nitrogens with zero attached hydrogens (tertiary/aromatic N) is 5. The topological polar surface area (TPSA) is 162 Å². The molecule has 2 N–H and O–H groups in total. The molecule has 0 aliphatic rings. The Kier molecular flexibility index (Phi) is 6.85. The lowest BCUT2D eigenvalue weighted by Gasteiger charge is -2.10. The number of aryl methyl sites for hydroxylation is 2. The highest BCUT2D eigenvalue weighted by Gasteiger charge is 2.31. The molecule has 0 saturated carbocycles. The van der Waals surface area contributed by atoms with Crippen LogP contribution in [-0.4, -0.2) is 39.0 Å². The number of carbonyl (C=O) groups excluding carboxylic acids is 1. The van der Waals surface area contributed by atoms with Gasteiger partial charge in [0.1, 0.15) is 12.2 Å². The molecule has 3 aromatic rings. The predicted octanol–water partition coefficient (Wildman–Crippen LogP) is 2.88. The van der Waals surface area contributed by atoms with E-state index in [4.69, 9.17) is 0 Å². The molecule has 0 spiro atoms. The molecule has 180 valence electrons. The van der Waals surface area contributed by atoms with Gasteiger partial charge >= 0.3 is 5.69 Å². The largest absolute Gasteiger partial charge is 0.324 e. The fourth-order valence-corrected chi connectivity index (χ4v) is 4.04. The van der Waals surface area contributed by atoms with Crippen molar-refractivity contribution in [2.24, 2.45) is 0 Å². The Balaban J connectivity index is 1.72. The number of alkyl halides is 2. The molecular weight excluding hydrogens is 476 g/mol. The Morgan fingerprint density at radius 2 is 1.74 bits per heavy atom. The van der Waals surface area contributed by atoms with E-state index in [-0.39, 0.29) is 22.2 Å². The Labute approximate surface area is 192 Å². The molecule has 0 fully saturated rings. The summed E-state index contributed by atoms with van der Waals surface area (Å²) in [5.41, 5.74) is -0.692. The van der Waals surface area contributed by atoms with E-state index in [0.29, 0.717) is 11.4 Å². The highest BCUT2D eigenvalue weighted by molar-refractivity contribution is 7.92. The second-order valence-electron chi connectivity index (χ2n) is 7.19. The summed E-state index contributed by atoms with van der Waals surface area (Å²) in [5, 5.41) is 17.0. The number of sulfonamides is 1. The van der Waals surface area contributed by atoms with Gasteiger partial charge in [-0.25, -0.2) is 31.9 Å². The van der Waals surface area contributed by atoms with Crippen molar-refractivity contribution in [3.63, 3.8) is 0 Å². The molecular formula is C19H19F2N7O5S. The van der Waals surface area contributed by atoms with Gasteiger partial charge in [0.2, 0.25) is 17.5 Å². The number of nitro groups is 1. The molecule has 15 heteroatoms. The summed E-state index contributed by atoms with van der Waals surface area (Å²) < 4.78 is 54.3. The van der Waals surface area contributed by atoms with Crippen LogP contribution in [0.5, 0.6) is 0 Å². The van der Waals surface area contributed by atoms with Gasteiger partial charge in [0, 0.05) is 17.1 Å². The smallest absolute Gasteiger partial charge is 0.319 e. The lowest BCUT2D eigenvalue weighted by Crippen LogP contribution is -2.20. The first-order valence-electron chi connectivity index (χ1n) is 9.62. The number of hydrogen-bond acceptors (Lipinski definition) is 8. The van der Waals surface area contributed by atoms with Gasteiger partial charge < -0.3 is 5.32 Å². The van der Waals surface area contributed by atoms with Gasteiger partial charge in [-0.3, -0.25) is 19.6 Å². The quantitative estimate of drug-likeness (QED) is 0.356. The maximum Gasteiger partial charge on any atom is 0.319 e. The fourth-order valence-electron chi connectivity index (χ4n) is 3.09. The monoisotopic (exact) mass is 495 g/mol. The number of benzene rings is 1. The van der Waals surface area contributed by atoms with Gasteiger partial charge in [-0.2, -0.15) is 5.10 Å². The van der Waals surface area contributed by atoms with E-state index in [0.717, 1.165) is 4.68 Å². The van der Waals surface area contributed by atoms with Crippen molar-refractivity contribution >= 4 is 33.3 Å². The molecule has 34 heavy (non-hydrogen) atoms. The Bertz CT molecular complexity index is 1340.